The van der Waals surface area contributed by atoms with Crippen LogP contribution in [0.4, 0.5) is 0 Å². The largest absolute Gasteiger partial charge is 0.497 e. The molecule has 0 saturated heterocycles. The van der Waals surface area contributed by atoms with Crippen LogP contribution in [0.1, 0.15) is 5.82 Å². The average Bonchev–Trinajstić information content (AvgIpc) is 3.03. The van der Waals surface area contributed by atoms with E-state index in [1.807, 2.05) is 23.6 Å². The quantitative estimate of drug-likeness (QED) is 0.681. The second-order valence-corrected chi connectivity index (χ2v) is 4.88. The Morgan fingerprint density at radius 3 is 2.94 bits per heavy atom. The van der Waals surface area contributed by atoms with Crippen LogP contribution in [-0.4, -0.2) is 16.7 Å². The Balaban J connectivity index is 2.32. The summed E-state index contributed by atoms with van der Waals surface area (Å²) in [5, 5.41) is 4.12. The second-order valence-electron chi connectivity index (χ2n) is 3.83. The predicted molar refractivity (Wildman–Crippen MR) is 75.1 cm³/mol. The number of benzene rings is 1. The number of alkyl halides is 1. The van der Waals surface area contributed by atoms with Crippen LogP contribution in [0.3, 0.4) is 0 Å². The molecule has 1 aromatic carbocycles. The van der Waals surface area contributed by atoms with E-state index >= 15 is 0 Å². The lowest BCUT2D eigenvalue weighted by molar-refractivity contribution is 0.415. The minimum Gasteiger partial charge on any atom is -0.497 e. The molecule has 0 aliphatic heterocycles. The monoisotopic (exact) mass is 278 g/mol. The number of ether oxygens (including phenoxy) is 1. The summed E-state index contributed by atoms with van der Waals surface area (Å²) < 4.78 is 7.34. The number of methoxy groups -OCH3 is 1. The van der Waals surface area contributed by atoms with E-state index in [1.54, 1.807) is 18.4 Å². The maximum absolute atomic E-state index is 5.98. The summed E-state index contributed by atoms with van der Waals surface area (Å²) in [6, 6.07) is 7.90. The van der Waals surface area contributed by atoms with Crippen molar-refractivity contribution in [3.63, 3.8) is 0 Å². The highest BCUT2D eigenvalue weighted by Crippen LogP contribution is 2.27. The minimum atomic E-state index is 0.382. The molecule has 0 bridgehead atoms. The molecule has 92 valence electrons. The van der Waals surface area contributed by atoms with Gasteiger partial charge in [0.2, 0.25) is 0 Å². The normalized spacial score (nSPS) is 11.0. The van der Waals surface area contributed by atoms with Gasteiger partial charge in [-0.2, -0.15) is 11.3 Å². The van der Waals surface area contributed by atoms with E-state index in [0.717, 1.165) is 28.3 Å². The fourth-order valence-electron chi connectivity index (χ4n) is 1.99. The highest BCUT2D eigenvalue weighted by atomic mass is 35.5. The predicted octanol–water partition coefficient (Wildman–Crippen LogP) is 3.83. The van der Waals surface area contributed by atoms with Crippen LogP contribution in [0.2, 0.25) is 0 Å². The first kappa shape index (κ1) is 11.6. The van der Waals surface area contributed by atoms with Gasteiger partial charge in [0.05, 0.1) is 29.7 Å². The highest BCUT2D eigenvalue weighted by molar-refractivity contribution is 7.08. The topological polar surface area (TPSA) is 27.1 Å². The summed E-state index contributed by atoms with van der Waals surface area (Å²) in [4.78, 5) is 4.54. The zero-order chi connectivity index (χ0) is 12.5. The molecule has 0 aliphatic rings. The first-order valence-corrected chi connectivity index (χ1v) is 6.95. The van der Waals surface area contributed by atoms with E-state index in [4.69, 9.17) is 16.3 Å². The third-order valence-corrected chi connectivity index (χ3v) is 3.72. The molecule has 0 fully saturated rings. The smallest absolute Gasteiger partial charge is 0.129 e. The molecule has 3 aromatic rings. The summed E-state index contributed by atoms with van der Waals surface area (Å²) in [5.41, 5.74) is 3.03. The molecular weight excluding hydrogens is 268 g/mol. The van der Waals surface area contributed by atoms with Crippen LogP contribution in [0.5, 0.6) is 5.75 Å². The number of rotatable bonds is 3. The van der Waals surface area contributed by atoms with E-state index in [1.165, 1.54) is 0 Å². The van der Waals surface area contributed by atoms with Crippen molar-refractivity contribution >= 4 is 34.0 Å². The number of imidazole rings is 1. The maximum Gasteiger partial charge on any atom is 0.129 e. The summed E-state index contributed by atoms with van der Waals surface area (Å²) in [5.74, 6) is 2.05. The molecule has 0 atom stereocenters. The molecule has 0 saturated carbocycles. The van der Waals surface area contributed by atoms with Gasteiger partial charge in [-0.1, -0.05) is 0 Å². The summed E-state index contributed by atoms with van der Waals surface area (Å²) in [7, 11) is 1.66. The third-order valence-electron chi connectivity index (χ3n) is 2.81. The average molecular weight is 279 g/mol. The van der Waals surface area contributed by atoms with E-state index in [9.17, 15) is 0 Å². The maximum atomic E-state index is 5.98. The van der Waals surface area contributed by atoms with Gasteiger partial charge in [-0.05, 0) is 23.6 Å². The van der Waals surface area contributed by atoms with Crippen molar-refractivity contribution < 1.29 is 4.74 Å². The number of thiophene rings is 1. The Morgan fingerprint density at radius 1 is 1.39 bits per heavy atom. The van der Waals surface area contributed by atoms with Crippen LogP contribution in [-0.2, 0) is 5.88 Å². The van der Waals surface area contributed by atoms with Crippen molar-refractivity contribution in [3.05, 3.63) is 40.8 Å². The van der Waals surface area contributed by atoms with Crippen molar-refractivity contribution in [3.8, 4) is 11.4 Å². The first-order valence-electron chi connectivity index (χ1n) is 5.47. The molecule has 0 amide bonds. The van der Waals surface area contributed by atoms with Gasteiger partial charge in [-0.15, -0.1) is 11.6 Å². The summed E-state index contributed by atoms with van der Waals surface area (Å²) in [6.45, 7) is 0. The molecule has 0 unspecified atom stereocenters. The Bertz CT molecular complexity index is 676. The van der Waals surface area contributed by atoms with Gasteiger partial charge in [0.15, 0.2) is 0 Å². The van der Waals surface area contributed by atoms with E-state index in [0.29, 0.717) is 5.88 Å². The van der Waals surface area contributed by atoms with Crippen molar-refractivity contribution in [2.45, 2.75) is 5.88 Å². The molecule has 0 spiro atoms. The SMILES string of the molecule is COc1ccc2nc(CCl)n(-c3ccsc3)c2c1. The lowest BCUT2D eigenvalue weighted by Crippen LogP contribution is -1.97. The van der Waals surface area contributed by atoms with Crippen LogP contribution in [0.15, 0.2) is 35.0 Å². The Hall–Kier alpha value is -1.52. The Kier molecular flexibility index (Phi) is 2.97. The Morgan fingerprint density at radius 2 is 2.28 bits per heavy atom. The van der Waals surface area contributed by atoms with Crippen LogP contribution >= 0.6 is 22.9 Å². The lowest BCUT2D eigenvalue weighted by Gasteiger charge is -2.05. The lowest BCUT2D eigenvalue weighted by atomic mass is 10.3. The van der Waals surface area contributed by atoms with Gasteiger partial charge in [-0.3, -0.25) is 4.57 Å². The minimum absolute atomic E-state index is 0.382. The van der Waals surface area contributed by atoms with E-state index < -0.39 is 0 Å². The van der Waals surface area contributed by atoms with E-state index in [-0.39, 0.29) is 0 Å². The second kappa shape index (κ2) is 4.63. The van der Waals surface area contributed by atoms with Gasteiger partial charge in [0.1, 0.15) is 11.6 Å². The van der Waals surface area contributed by atoms with Crippen LogP contribution < -0.4 is 4.74 Å². The molecule has 2 heterocycles. The molecule has 0 N–H and O–H groups in total. The van der Waals surface area contributed by atoms with Crippen molar-refractivity contribution in [1.29, 1.82) is 0 Å². The standard InChI is InChI=1S/C13H11ClN2OS/c1-17-10-2-3-11-12(6-10)16(13(7-14)15-11)9-4-5-18-8-9/h2-6,8H,7H2,1H3. The zero-order valence-corrected chi connectivity index (χ0v) is 11.3. The van der Waals surface area contributed by atoms with Gasteiger partial charge in [0.25, 0.3) is 0 Å². The molecule has 5 heteroatoms. The first-order chi connectivity index (χ1) is 8.83. The molecule has 3 rings (SSSR count). The number of nitrogens with zero attached hydrogens (tertiary/aromatic N) is 2. The third kappa shape index (κ3) is 1.78. The van der Waals surface area contributed by atoms with E-state index in [2.05, 4.69) is 21.0 Å². The molecule has 0 aliphatic carbocycles. The summed E-state index contributed by atoms with van der Waals surface area (Å²) >= 11 is 7.64. The van der Waals surface area contributed by atoms with Crippen molar-refractivity contribution in [2.24, 2.45) is 0 Å². The number of fused-ring (bicyclic) bond motifs is 1. The van der Waals surface area contributed by atoms with Crippen LogP contribution in [0.25, 0.3) is 16.7 Å². The molecular formula is C13H11ClN2OS. The Labute approximate surface area is 114 Å². The van der Waals surface area contributed by atoms with Gasteiger partial charge >= 0.3 is 0 Å². The number of halogens is 1. The number of hydrogen-bond donors (Lipinski definition) is 0. The fourth-order valence-corrected chi connectivity index (χ4v) is 2.79. The van der Waals surface area contributed by atoms with Crippen LogP contribution in [0, 0.1) is 0 Å². The summed E-state index contributed by atoms with van der Waals surface area (Å²) in [6.07, 6.45) is 0. The molecule has 2 aromatic heterocycles. The zero-order valence-electron chi connectivity index (χ0n) is 9.76. The van der Waals surface area contributed by atoms with Gasteiger partial charge in [-0.25, -0.2) is 4.98 Å². The fraction of sp³-hybridized carbons (Fsp3) is 0.154. The van der Waals surface area contributed by atoms with Crippen molar-refractivity contribution in [1.82, 2.24) is 9.55 Å². The number of aromatic nitrogens is 2. The molecule has 18 heavy (non-hydrogen) atoms. The molecule has 0 radical (unpaired) electrons. The molecule has 3 nitrogen and oxygen atoms in total. The number of hydrogen-bond acceptors (Lipinski definition) is 3. The van der Waals surface area contributed by atoms with Gasteiger partial charge < -0.3 is 4.74 Å². The van der Waals surface area contributed by atoms with Gasteiger partial charge in [0, 0.05) is 11.4 Å². The van der Waals surface area contributed by atoms with Crippen molar-refractivity contribution in [2.75, 3.05) is 7.11 Å². The highest BCUT2D eigenvalue weighted by Gasteiger charge is 2.12.